The van der Waals surface area contributed by atoms with Crippen molar-refractivity contribution in [2.75, 3.05) is 32.0 Å². The second-order valence-electron chi connectivity index (χ2n) is 4.95. The van der Waals surface area contributed by atoms with E-state index in [1.54, 1.807) is 0 Å². The highest BCUT2D eigenvalue weighted by atomic mass is 16.5. The first kappa shape index (κ1) is 12.2. The average molecular weight is 234 g/mol. The standard InChI is InChI=1S/C14H22N2O/c1-12-5-7-16(8-6-12)9-10-17-14-4-2-3-13(15)11-14/h2-4,11-12H,5-10,15H2,1H3. The van der Waals surface area contributed by atoms with Gasteiger partial charge < -0.3 is 10.5 Å². The molecule has 1 aliphatic heterocycles. The van der Waals surface area contributed by atoms with Gasteiger partial charge in [-0.1, -0.05) is 13.0 Å². The van der Waals surface area contributed by atoms with Crippen LogP contribution in [0.5, 0.6) is 5.75 Å². The van der Waals surface area contributed by atoms with E-state index in [1.807, 2.05) is 24.3 Å². The third kappa shape index (κ3) is 3.93. The van der Waals surface area contributed by atoms with Gasteiger partial charge in [0.15, 0.2) is 0 Å². The molecule has 0 aliphatic carbocycles. The molecule has 0 atom stereocenters. The number of benzene rings is 1. The summed E-state index contributed by atoms with van der Waals surface area (Å²) < 4.78 is 5.69. The summed E-state index contributed by atoms with van der Waals surface area (Å²) in [6, 6.07) is 7.62. The Morgan fingerprint density at radius 1 is 1.35 bits per heavy atom. The van der Waals surface area contributed by atoms with E-state index < -0.39 is 0 Å². The summed E-state index contributed by atoms with van der Waals surface area (Å²) in [7, 11) is 0. The smallest absolute Gasteiger partial charge is 0.121 e. The van der Waals surface area contributed by atoms with Crippen LogP contribution >= 0.6 is 0 Å². The Morgan fingerprint density at radius 2 is 2.12 bits per heavy atom. The lowest BCUT2D eigenvalue weighted by molar-refractivity contribution is 0.160. The Morgan fingerprint density at radius 3 is 2.82 bits per heavy atom. The zero-order chi connectivity index (χ0) is 12.1. The first-order valence-corrected chi connectivity index (χ1v) is 6.45. The van der Waals surface area contributed by atoms with Gasteiger partial charge in [0.25, 0.3) is 0 Å². The normalized spacial score (nSPS) is 18.2. The molecule has 3 heteroatoms. The third-order valence-corrected chi connectivity index (χ3v) is 3.41. The second kappa shape index (κ2) is 5.92. The highest BCUT2D eigenvalue weighted by Gasteiger charge is 2.14. The minimum atomic E-state index is 0.748. The zero-order valence-electron chi connectivity index (χ0n) is 10.6. The minimum Gasteiger partial charge on any atom is -0.492 e. The summed E-state index contributed by atoms with van der Waals surface area (Å²) in [5.41, 5.74) is 6.46. The van der Waals surface area contributed by atoms with Crippen molar-refractivity contribution in [3.8, 4) is 5.75 Å². The van der Waals surface area contributed by atoms with Crippen molar-refractivity contribution < 1.29 is 4.74 Å². The van der Waals surface area contributed by atoms with E-state index in [0.29, 0.717) is 0 Å². The van der Waals surface area contributed by atoms with Crippen LogP contribution in [0.25, 0.3) is 0 Å². The molecule has 0 amide bonds. The Balaban J connectivity index is 1.69. The summed E-state index contributed by atoms with van der Waals surface area (Å²) >= 11 is 0. The van der Waals surface area contributed by atoms with E-state index in [2.05, 4.69) is 11.8 Å². The highest BCUT2D eigenvalue weighted by Crippen LogP contribution is 2.17. The molecule has 1 aromatic rings. The zero-order valence-corrected chi connectivity index (χ0v) is 10.6. The van der Waals surface area contributed by atoms with Crippen molar-refractivity contribution in [3.63, 3.8) is 0 Å². The first-order chi connectivity index (χ1) is 8.24. The molecule has 1 fully saturated rings. The molecule has 0 spiro atoms. The fourth-order valence-corrected chi connectivity index (χ4v) is 2.18. The largest absolute Gasteiger partial charge is 0.492 e. The van der Waals surface area contributed by atoms with E-state index in [1.165, 1.54) is 25.9 Å². The highest BCUT2D eigenvalue weighted by molar-refractivity contribution is 5.43. The van der Waals surface area contributed by atoms with Gasteiger partial charge in [0.05, 0.1) is 0 Å². The van der Waals surface area contributed by atoms with Crippen molar-refractivity contribution in [2.45, 2.75) is 19.8 Å². The molecule has 0 unspecified atom stereocenters. The molecule has 0 radical (unpaired) electrons. The Hall–Kier alpha value is -1.22. The number of nitrogens with two attached hydrogens (primary N) is 1. The molecule has 0 bridgehead atoms. The molecule has 2 N–H and O–H groups in total. The van der Waals surface area contributed by atoms with Gasteiger partial charge in [0.2, 0.25) is 0 Å². The van der Waals surface area contributed by atoms with Crippen molar-refractivity contribution in [3.05, 3.63) is 24.3 Å². The molecule has 0 saturated carbocycles. The van der Waals surface area contributed by atoms with Crippen molar-refractivity contribution in [1.29, 1.82) is 0 Å². The second-order valence-corrected chi connectivity index (χ2v) is 4.95. The van der Waals surface area contributed by atoms with E-state index in [9.17, 15) is 0 Å². The number of hydrogen-bond donors (Lipinski definition) is 1. The summed E-state index contributed by atoms with van der Waals surface area (Å²) in [4.78, 5) is 2.48. The molecule has 1 aromatic carbocycles. The van der Waals surface area contributed by atoms with Gasteiger partial charge in [-0.3, -0.25) is 4.90 Å². The third-order valence-electron chi connectivity index (χ3n) is 3.41. The van der Waals surface area contributed by atoms with Gasteiger partial charge >= 0.3 is 0 Å². The number of likely N-dealkylation sites (tertiary alicyclic amines) is 1. The predicted molar refractivity (Wildman–Crippen MR) is 71.2 cm³/mol. The van der Waals surface area contributed by atoms with Crippen LogP contribution in [0.2, 0.25) is 0 Å². The maximum absolute atomic E-state index is 5.70. The fourth-order valence-electron chi connectivity index (χ4n) is 2.18. The van der Waals surface area contributed by atoms with Crippen LogP contribution < -0.4 is 10.5 Å². The van der Waals surface area contributed by atoms with Crippen LogP contribution in [0.4, 0.5) is 5.69 Å². The summed E-state index contributed by atoms with van der Waals surface area (Å²) in [6.07, 6.45) is 2.64. The Bertz CT molecular complexity index is 346. The lowest BCUT2D eigenvalue weighted by Crippen LogP contribution is -2.35. The van der Waals surface area contributed by atoms with E-state index in [4.69, 9.17) is 10.5 Å². The predicted octanol–water partition coefficient (Wildman–Crippen LogP) is 2.38. The molecule has 1 aliphatic rings. The molecule has 0 aromatic heterocycles. The molecule has 2 rings (SSSR count). The molecule has 1 saturated heterocycles. The Kier molecular flexibility index (Phi) is 4.26. The maximum atomic E-state index is 5.70. The van der Waals surface area contributed by atoms with Gasteiger partial charge in [-0.2, -0.15) is 0 Å². The molecule has 3 nitrogen and oxygen atoms in total. The number of rotatable bonds is 4. The van der Waals surface area contributed by atoms with Gasteiger partial charge in [-0.25, -0.2) is 0 Å². The van der Waals surface area contributed by atoms with E-state index in [-0.39, 0.29) is 0 Å². The summed E-state index contributed by atoms with van der Waals surface area (Å²) in [5, 5.41) is 0. The SMILES string of the molecule is CC1CCN(CCOc2cccc(N)c2)CC1. The van der Waals surface area contributed by atoms with Gasteiger partial charge in [-0.15, -0.1) is 0 Å². The van der Waals surface area contributed by atoms with Crippen LogP contribution in [-0.2, 0) is 0 Å². The minimum absolute atomic E-state index is 0.748. The van der Waals surface area contributed by atoms with Crippen LogP contribution in [-0.4, -0.2) is 31.1 Å². The number of ether oxygens (including phenoxy) is 1. The number of nitrogen functional groups attached to an aromatic ring is 1. The van der Waals surface area contributed by atoms with Gasteiger partial charge in [0, 0.05) is 18.3 Å². The molecule has 1 heterocycles. The van der Waals surface area contributed by atoms with Crippen molar-refractivity contribution in [2.24, 2.45) is 5.92 Å². The van der Waals surface area contributed by atoms with Gasteiger partial charge in [0.1, 0.15) is 12.4 Å². The number of nitrogens with zero attached hydrogens (tertiary/aromatic N) is 1. The quantitative estimate of drug-likeness (QED) is 0.813. The lowest BCUT2D eigenvalue weighted by atomic mass is 9.99. The Labute approximate surface area is 104 Å². The van der Waals surface area contributed by atoms with Gasteiger partial charge in [-0.05, 0) is 44.0 Å². The van der Waals surface area contributed by atoms with Crippen molar-refractivity contribution >= 4 is 5.69 Å². The van der Waals surface area contributed by atoms with Crippen LogP contribution in [0.3, 0.4) is 0 Å². The average Bonchev–Trinajstić information content (AvgIpc) is 2.32. The number of anilines is 1. The topological polar surface area (TPSA) is 38.5 Å². The molecular weight excluding hydrogens is 212 g/mol. The summed E-state index contributed by atoms with van der Waals surface area (Å²) in [6.45, 7) is 6.52. The maximum Gasteiger partial charge on any atom is 0.121 e. The molecular formula is C14H22N2O. The molecule has 17 heavy (non-hydrogen) atoms. The number of hydrogen-bond acceptors (Lipinski definition) is 3. The molecule has 94 valence electrons. The van der Waals surface area contributed by atoms with Crippen LogP contribution in [0, 0.1) is 5.92 Å². The van der Waals surface area contributed by atoms with Crippen molar-refractivity contribution in [1.82, 2.24) is 4.90 Å². The van der Waals surface area contributed by atoms with E-state index in [0.717, 1.165) is 30.5 Å². The summed E-state index contributed by atoms with van der Waals surface area (Å²) in [5.74, 6) is 1.76. The number of piperidine rings is 1. The van der Waals surface area contributed by atoms with Crippen LogP contribution in [0.1, 0.15) is 19.8 Å². The van der Waals surface area contributed by atoms with E-state index >= 15 is 0 Å². The monoisotopic (exact) mass is 234 g/mol. The first-order valence-electron chi connectivity index (χ1n) is 6.45. The lowest BCUT2D eigenvalue weighted by Gasteiger charge is -2.29. The van der Waals surface area contributed by atoms with Crippen LogP contribution in [0.15, 0.2) is 24.3 Å². The fraction of sp³-hybridized carbons (Fsp3) is 0.571.